The number of H-pyrrole nitrogens is 1. The summed E-state index contributed by atoms with van der Waals surface area (Å²) in [4.78, 5) is 26.0. The number of carbonyl (C=O) groups excluding carboxylic acids is 1. The molecule has 0 bridgehead atoms. The van der Waals surface area contributed by atoms with Gasteiger partial charge in [-0.2, -0.15) is 0 Å². The van der Waals surface area contributed by atoms with Gasteiger partial charge >= 0.3 is 5.97 Å². The zero-order valence-corrected chi connectivity index (χ0v) is 16.1. The minimum absolute atomic E-state index is 0.0214. The maximum Gasteiger partial charge on any atom is 0.340 e. The Hall–Kier alpha value is -2.59. The monoisotopic (exact) mass is 408 g/mol. The maximum atomic E-state index is 15.0. The predicted octanol–water partition coefficient (Wildman–Crippen LogP) is 4.27. The highest BCUT2D eigenvalue weighted by Crippen LogP contribution is 2.43. The molecule has 2 atom stereocenters. The number of benzene rings is 1. The Kier molecular flexibility index (Phi) is 5.61. The fourth-order valence-corrected chi connectivity index (χ4v) is 4.24. The SMILES string of the molecule is CC#CC(=O)NC1CCCC(c2c(F)c(F)c(C(=O)O)c3[nH]c(C)c(Cl)c23)C1. The number of fused-ring (bicyclic) bond motifs is 1. The van der Waals surface area contributed by atoms with Gasteiger partial charge < -0.3 is 15.4 Å². The Bertz CT molecular complexity index is 1040. The first-order valence-electron chi connectivity index (χ1n) is 8.91. The van der Waals surface area contributed by atoms with Crippen LogP contribution in [0.2, 0.25) is 5.02 Å². The van der Waals surface area contributed by atoms with E-state index in [1.54, 1.807) is 13.8 Å². The van der Waals surface area contributed by atoms with Gasteiger partial charge in [-0.15, -0.1) is 0 Å². The van der Waals surface area contributed by atoms with Crippen LogP contribution in [-0.4, -0.2) is 28.0 Å². The van der Waals surface area contributed by atoms with Crippen molar-refractivity contribution in [1.29, 1.82) is 0 Å². The fraction of sp³-hybridized carbons (Fsp3) is 0.400. The van der Waals surface area contributed by atoms with Crippen molar-refractivity contribution < 1.29 is 23.5 Å². The molecule has 148 valence electrons. The van der Waals surface area contributed by atoms with Gasteiger partial charge in [-0.1, -0.05) is 23.9 Å². The second-order valence-electron chi connectivity index (χ2n) is 6.94. The van der Waals surface area contributed by atoms with Crippen molar-refractivity contribution in [3.8, 4) is 11.8 Å². The number of rotatable bonds is 3. The molecule has 5 nitrogen and oxygen atoms in total. The molecule has 1 aliphatic rings. The van der Waals surface area contributed by atoms with E-state index in [2.05, 4.69) is 22.1 Å². The molecule has 1 aromatic carbocycles. The molecule has 0 radical (unpaired) electrons. The van der Waals surface area contributed by atoms with Crippen LogP contribution >= 0.6 is 11.6 Å². The molecule has 1 aliphatic carbocycles. The number of hydrogen-bond acceptors (Lipinski definition) is 2. The smallest absolute Gasteiger partial charge is 0.340 e. The lowest BCUT2D eigenvalue weighted by atomic mass is 9.79. The quantitative estimate of drug-likeness (QED) is 0.663. The van der Waals surface area contributed by atoms with Crippen LogP contribution in [0.25, 0.3) is 10.9 Å². The largest absolute Gasteiger partial charge is 0.478 e. The van der Waals surface area contributed by atoms with E-state index in [1.807, 2.05) is 0 Å². The number of aromatic nitrogens is 1. The third kappa shape index (κ3) is 3.45. The molecule has 1 amide bonds. The molecule has 1 aromatic heterocycles. The number of hydrogen-bond donors (Lipinski definition) is 3. The summed E-state index contributed by atoms with van der Waals surface area (Å²) in [5.41, 5.74) is -0.284. The van der Waals surface area contributed by atoms with Gasteiger partial charge in [-0.25, -0.2) is 13.6 Å². The lowest BCUT2D eigenvalue weighted by Crippen LogP contribution is -2.37. The topological polar surface area (TPSA) is 82.2 Å². The van der Waals surface area contributed by atoms with Crippen LogP contribution in [0.3, 0.4) is 0 Å². The van der Waals surface area contributed by atoms with Crippen molar-refractivity contribution in [1.82, 2.24) is 10.3 Å². The van der Waals surface area contributed by atoms with E-state index in [4.69, 9.17) is 11.6 Å². The molecular weight excluding hydrogens is 390 g/mol. The number of aromatic amines is 1. The highest BCUT2D eigenvalue weighted by atomic mass is 35.5. The van der Waals surface area contributed by atoms with E-state index in [0.717, 1.165) is 0 Å². The number of carboxylic acid groups (broad SMARTS) is 1. The standard InChI is InChI=1S/C20H19ClF2N2O3/c1-3-5-12(26)25-11-7-4-6-10(8-11)13-14-16(21)9(2)24-19(14)15(20(27)28)18(23)17(13)22/h10-11,24H,4,6-8H2,1-2H3,(H,25,26)(H,27,28). The Morgan fingerprint density at radius 2 is 2.00 bits per heavy atom. The van der Waals surface area contributed by atoms with Crippen LogP contribution in [0.15, 0.2) is 0 Å². The van der Waals surface area contributed by atoms with Crippen molar-refractivity contribution in [3.63, 3.8) is 0 Å². The number of aromatic carboxylic acids is 1. The van der Waals surface area contributed by atoms with Gasteiger partial charge in [0.15, 0.2) is 11.6 Å². The zero-order valence-electron chi connectivity index (χ0n) is 15.4. The Morgan fingerprint density at radius 3 is 2.64 bits per heavy atom. The van der Waals surface area contributed by atoms with E-state index in [9.17, 15) is 19.1 Å². The first kappa shape index (κ1) is 20.2. The van der Waals surface area contributed by atoms with Crippen molar-refractivity contribution in [2.45, 2.75) is 51.5 Å². The summed E-state index contributed by atoms with van der Waals surface area (Å²) < 4.78 is 29.7. The van der Waals surface area contributed by atoms with Crippen LogP contribution in [0.5, 0.6) is 0 Å². The molecule has 1 fully saturated rings. The molecule has 28 heavy (non-hydrogen) atoms. The lowest BCUT2D eigenvalue weighted by Gasteiger charge is -2.30. The Morgan fingerprint density at radius 1 is 1.29 bits per heavy atom. The first-order valence-corrected chi connectivity index (χ1v) is 9.29. The molecule has 3 rings (SSSR count). The van der Waals surface area contributed by atoms with E-state index in [0.29, 0.717) is 31.4 Å². The van der Waals surface area contributed by atoms with E-state index < -0.39 is 35.0 Å². The maximum absolute atomic E-state index is 15.0. The third-order valence-electron chi connectivity index (χ3n) is 5.15. The lowest BCUT2D eigenvalue weighted by molar-refractivity contribution is -0.116. The number of nitrogens with one attached hydrogen (secondary N) is 2. The normalized spacial score (nSPS) is 19.2. The van der Waals surface area contributed by atoms with Crippen LogP contribution in [0.1, 0.15) is 60.1 Å². The predicted molar refractivity (Wildman–Crippen MR) is 102 cm³/mol. The van der Waals surface area contributed by atoms with Crippen molar-refractivity contribution in [2.75, 3.05) is 0 Å². The van der Waals surface area contributed by atoms with E-state index >= 15 is 4.39 Å². The van der Waals surface area contributed by atoms with Gasteiger partial charge in [0, 0.05) is 22.7 Å². The average Bonchev–Trinajstić information content (AvgIpc) is 2.91. The summed E-state index contributed by atoms with van der Waals surface area (Å²) in [6.45, 7) is 3.17. The molecule has 0 spiro atoms. The molecule has 2 unspecified atom stereocenters. The van der Waals surface area contributed by atoms with Gasteiger partial charge in [-0.05, 0) is 44.9 Å². The molecule has 3 N–H and O–H groups in total. The zero-order chi connectivity index (χ0) is 20.6. The molecule has 0 saturated heterocycles. The highest BCUT2D eigenvalue weighted by molar-refractivity contribution is 6.37. The summed E-state index contributed by atoms with van der Waals surface area (Å²) in [7, 11) is 0. The third-order valence-corrected chi connectivity index (χ3v) is 5.62. The summed E-state index contributed by atoms with van der Waals surface area (Å²) in [6.07, 6.45) is 2.35. The fourth-order valence-electron chi connectivity index (χ4n) is 3.99. The second kappa shape index (κ2) is 7.80. The number of amides is 1. The van der Waals surface area contributed by atoms with Crippen LogP contribution in [0, 0.1) is 30.4 Å². The Balaban J connectivity index is 2.11. The molecule has 1 saturated carbocycles. The number of halogens is 3. The summed E-state index contributed by atoms with van der Waals surface area (Å²) in [5, 5.41) is 12.5. The van der Waals surface area contributed by atoms with Crippen molar-refractivity contribution in [3.05, 3.63) is 33.5 Å². The van der Waals surface area contributed by atoms with Gasteiger partial charge in [0.25, 0.3) is 5.91 Å². The molecular formula is C20H19ClF2N2O3. The molecule has 0 aliphatic heterocycles. The summed E-state index contributed by atoms with van der Waals surface area (Å²) in [5.74, 6) is -0.0834. The molecule has 8 heteroatoms. The van der Waals surface area contributed by atoms with Crippen LogP contribution in [-0.2, 0) is 4.79 Å². The van der Waals surface area contributed by atoms with Gasteiger partial charge in [0.1, 0.15) is 5.56 Å². The van der Waals surface area contributed by atoms with E-state index in [1.165, 1.54) is 0 Å². The van der Waals surface area contributed by atoms with Gasteiger partial charge in [0.2, 0.25) is 0 Å². The number of carboxylic acids is 1. The van der Waals surface area contributed by atoms with Crippen molar-refractivity contribution in [2.24, 2.45) is 0 Å². The first-order chi connectivity index (χ1) is 13.3. The molecule has 2 aromatic rings. The van der Waals surface area contributed by atoms with Crippen molar-refractivity contribution >= 4 is 34.4 Å². The highest BCUT2D eigenvalue weighted by Gasteiger charge is 2.33. The van der Waals surface area contributed by atoms with E-state index in [-0.39, 0.29) is 27.5 Å². The van der Waals surface area contributed by atoms with Gasteiger partial charge in [-0.3, -0.25) is 4.79 Å². The number of aryl methyl sites for hydroxylation is 1. The summed E-state index contributed by atoms with van der Waals surface area (Å²) in [6, 6.07) is -0.234. The molecule has 1 heterocycles. The minimum Gasteiger partial charge on any atom is -0.478 e. The van der Waals surface area contributed by atoms with Crippen LogP contribution < -0.4 is 5.32 Å². The minimum atomic E-state index is -1.57. The average molecular weight is 409 g/mol. The summed E-state index contributed by atoms with van der Waals surface area (Å²) >= 11 is 6.33. The second-order valence-corrected chi connectivity index (χ2v) is 7.32. The Labute approximate surface area is 165 Å². The van der Waals surface area contributed by atoms with Gasteiger partial charge in [0.05, 0.1) is 10.5 Å². The number of carbonyl (C=O) groups is 2. The van der Waals surface area contributed by atoms with Crippen LogP contribution in [0.4, 0.5) is 8.78 Å².